The Labute approximate surface area is 483 Å². The molecule has 0 atom stereocenters. The Morgan fingerprint density at radius 1 is 0.250 bits per heavy atom. The number of benzene rings is 6. The molecule has 3 aliphatic heterocycles. The zero-order valence-electron chi connectivity index (χ0n) is 42.4. The van der Waals surface area contributed by atoms with Crippen molar-refractivity contribution in [1.82, 2.24) is 0 Å². The normalized spacial score (nSPS) is 19.8. The number of phosphoric acid groups is 3. The minimum atomic E-state index is -4.42. The van der Waals surface area contributed by atoms with Gasteiger partial charge in [0.15, 0.2) is 0 Å². The van der Waals surface area contributed by atoms with Gasteiger partial charge in [-0.1, -0.05) is 36.4 Å². The van der Waals surface area contributed by atoms with Crippen molar-refractivity contribution in [3.8, 4) is 67.9 Å². The van der Waals surface area contributed by atoms with Crippen LogP contribution in [0.25, 0.3) is 33.4 Å². The third-order valence-electron chi connectivity index (χ3n) is 17.0. The van der Waals surface area contributed by atoms with Crippen molar-refractivity contribution in [2.24, 2.45) is 0 Å². The van der Waals surface area contributed by atoms with Gasteiger partial charge in [0.05, 0.1) is 0 Å². The first-order valence-electron chi connectivity index (χ1n) is 27.4. The fourth-order valence-electron chi connectivity index (χ4n) is 13.7. The number of rotatable bonds is 0. The van der Waals surface area contributed by atoms with Gasteiger partial charge >= 0.3 is 70.4 Å². The Bertz CT molecular complexity index is 2910. The standard InChI is InChI=1S/3C20H21O4P.Yb/c3*21-25(22)23-17-11-9-13-5-1-3-7-15(13)19(17)20-16-8-4-2-6-14(16)10-12-18(20)24-25;/h3*9-12H,1-8H2,(H,21,22);/q;;;+3/p-3. The van der Waals surface area contributed by atoms with E-state index in [4.69, 9.17) is 27.1 Å². The number of hydrogen-bond acceptors (Lipinski definition) is 12. The van der Waals surface area contributed by atoms with Gasteiger partial charge < -0.3 is 41.8 Å². The zero-order valence-corrected chi connectivity index (χ0v) is 46.8. The Kier molecular flexibility index (Phi) is 14.9. The van der Waals surface area contributed by atoms with Crippen molar-refractivity contribution in [2.75, 3.05) is 0 Å². The van der Waals surface area contributed by atoms with Crippen LogP contribution in [0, 0.1) is 46.9 Å². The van der Waals surface area contributed by atoms with E-state index in [0.717, 1.165) is 149 Å². The molecule has 0 amide bonds. The van der Waals surface area contributed by atoms with Gasteiger partial charge in [-0.3, -0.25) is 0 Å². The molecule has 401 valence electrons. The molecule has 0 bridgehead atoms. The van der Waals surface area contributed by atoms with Gasteiger partial charge in [-0.15, -0.1) is 0 Å². The first kappa shape index (κ1) is 52.9. The van der Waals surface area contributed by atoms with Gasteiger partial charge in [-0.05, 0) is 257 Å². The zero-order chi connectivity index (χ0) is 51.1. The molecular formula is C60H60O12P3Yb. The maximum absolute atomic E-state index is 12.3. The van der Waals surface area contributed by atoms with Crippen LogP contribution >= 0.6 is 23.5 Å². The number of aryl methyl sites for hydroxylation is 6. The average molecular weight is 1240 g/mol. The van der Waals surface area contributed by atoms with E-state index in [1.165, 1.54) is 105 Å². The molecule has 76 heavy (non-hydrogen) atoms. The van der Waals surface area contributed by atoms with Crippen LogP contribution in [-0.4, -0.2) is 0 Å². The molecule has 6 aromatic carbocycles. The number of hydrogen-bond donors (Lipinski definition) is 0. The minimum Gasteiger partial charge on any atom is -0.736 e. The van der Waals surface area contributed by atoms with Crippen LogP contribution in [0.3, 0.4) is 0 Å². The second kappa shape index (κ2) is 21.4. The van der Waals surface area contributed by atoms with Gasteiger partial charge in [0.1, 0.15) is 34.5 Å². The van der Waals surface area contributed by atoms with Crippen LogP contribution in [0.2, 0.25) is 0 Å². The molecule has 0 N–H and O–H groups in total. The molecule has 3 heterocycles. The third kappa shape index (κ3) is 10.1. The van der Waals surface area contributed by atoms with Crippen molar-refractivity contribution < 1.29 is 102 Å². The monoisotopic (exact) mass is 1240 g/mol. The quantitative estimate of drug-likeness (QED) is 0.132. The molecule has 9 aliphatic rings. The summed E-state index contributed by atoms with van der Waals surface area (Å²) in [6.07, 6.45) is 25.9. The van der Waals surface area contributed by atoms with E-state index in [1.807, 2.05) is 72.8 Å². The van der Waals surface area contributed by atoms with E-state index in [-0.39, 0.29) is 46.9 Å². The van der Waals surface area contributed by atoms with Crippen molar-refractivity contribution in [1.29, 1.82) is 0 Å². The van der Waals surface area contributed by atoms with Crippen molar-refractivity contribution in [3.05, 3.63) is 140 Å². The van der Waals surface area contributed by atoms with E-state index < -0.39 is 23.5 Å². The SMILES string of the molecule is O=P1([O-])Oc2ccc3c(c2-c2c(ccc4c2CCCC4)O1)CCCC3.O=P1([O-])Oc2ccc3c(c2-c2c(ccc4c2CCCC4)O1)CCCC3.O=P1([O-])Oc2ccc3c(c2-c2c(ccc4c2CCCC4)O1)CCCC3.[Yb+3]. The summed E-state index contributed by atoms with van der Waals surface area (Å²) in [5.74, 6) is 2.57. The Balaban J connectivity index is 0.000000114. The topological polar surface area (TPSA) is 176 Å². The maximum Gasteiger partial charge on any atom is 3.00 e. The summed E-state index contributed by atoms with van der Waals surface area (Å²) < 4.78 is 69.1. The molecule has 12 nitrogen and oxygen atoms in total. The van der Waals surface area contributed by atoms with Crippen molar-refractivity contribution in [3.63, 3.8) is 0 Å². The van der Waals surface area contributed by atoms with Crippen LogP contribution < -0.4 is 41.8 Å². The molecule has 0 unspecified atom stereocenters. The molecule has 6 aromatic rings. The van der Waals surface area contributed by atoms with E-state index in [0.29, 0.717) is 34.5 Å². The first-order chi connectivity index (χ1) is 36.4. The molecule has 15 rings (SSSR count). The number of phosphoric ester groups is 3. The Morgan fingerprint density at radius 2 is 0.395 bits per heavy atom. The molecule has 0 saturated carbocycles. The summed E-state index contributed by atoms with van der Waals surface area (Å²) in [5, 5.41) is 0. The third-order valence-corrected chi connectivity index (χ3v) is 19.5. The van der Waals surface area contributed by atoms with Crippen LogP contribution in [0.1, 0.15) is 144 Å². The largest absolute Gasteiger partial charge is 3.00 e. The molecule has 1 radical (unpaired) electrons. The molecule has 0 spiro atoms. The molecule has 6 aliphatic carbocycles. The molecule has 0 saturated heterocycles. The second-order valence-corrected chi connectivity index (χ2v) is 25.4. The average Bonchev–Trinajstić information content (AvgIpc) is 3.76. The van der Waals surface area contributed by atoms with Gasteiger partial charge in [0.2, 0.25) is 0 Å². The Morgan fingerprint density at radius 3 is 0.553 bits per heavy atom. The summed E-state index contributed by atoms with van der Waals surface area (Å²) in [6, 6.07) is 23.0. The van der Waals surface area contributed by atoms with Crippen molar-refractivity contribution >= 4 is 23.5 Å². The Hall–Kier alpha value is -3.79. The maximum atomic E-state index is 12.3. The van der Waals surface area contributed by atoms with Gasteiger partial charge in [0, 0.05) is 33.4 Å². The predicted molar refractivity (Wildman–Crippen MR) is 282 cm³/mol. The molecule has 16 heteroatoms. The van der Waals surface area contributed by atoms with Crippen molar-refractivity contribution in [2.45, 2.75) is 154 Å². The second-order valence-electron chi connectivity index (χ2n) is 21.6. The van der Waals surface area contributed by atoms with Crippen LogP contribution in [0.5, 0.6) is 34.5 Å². The smallest absolute Gasteiger partial charge is 0.736 e. The predicted octanol–water partition coefficient (Wildman–Crippen LogP) is 13.1. The summed E-state index contributed by atoms with van der Waals surface area (Å²) in [6.45, 7) is 0. The van der Waals surface area contributed by atoms with Crippen LogP contribution in [0.4, 0.5) is 0 Å². The summed E-state index contributed by atoms with van der Waals surface area (Å²) >= 11 is 0. The molecule has 0 aromatic heterocycles. The van der Waals surface area contributed by atoms with E-state index >= 15 is 0 Å². The van der Waals surface area contributed by atoms with Gasteiger partial charge in [0.25, 0.3) is 0 Å². The van der Waals surface area contributed by atoms with Gasteiger partial charge in [-0.25, -0.2) is 13.7 Å². The van der Waals surface area contributed by atoms with E-state index in [2.05, 4.69) is 0 Å². The number of fused-ring (bicyclic) bond motifs is 21. The fraction of sp³-hybridized carbons (Fsp3) is 0.400. The van der Waals surface area contributed by atoms with E-state index in [9.17, 15) is 28.4 Å². The first-order valence-corrected chi connectivity index (χ1v) is 31.8. The molecular weight excluding hydrogens is 1180 g/mol. The molecule has 0 fully saturated rings. The minimum absolute atomic E-state index is 0. The summed E-state index contributed by atoms with van der Waals surface area (Å²) in [5.41, 5.74) is 21.1. The van der Waals surface area contributed by atoms with Crippen LogP contribution in [0.15, 0.2) is 72.8 Å². The van der Waals surface area contributed by atoms with E-state index in [1.54, 1.807) is 0 Å². The van der Waals surface area contributed by atoms with Gasteiger partial charge in [-0.2, -0.15) is 0 Å². The summed E-state index contributed by atoms with van der Waals surface area (Å²) in [4.78, 5) is 36.9. The fourth-order valence-corrected chi connectivity index (χ4v) is 16.2. The summed E-state index contributed by atoms with van der Waals surface area (Å²) in [7, 11) is -13.2. The van der Waals surface area contributed by atoms with Crippen LogP contribution in [-0.2, 0) is 90.7 Å².